The summed E-state index contributed by atoms with van der Waals surface area (Å²) in [6.45, 7) is 2.35. The zero-order chi connectivity index (χ0) is 17.5. The Morgan fingerprint density at radius 2 is 2.00 bits per heavy atom. The number of aromatic nitrogens is 1. The Kier molecular flexibility index (Phi) is 5.72. The molecule has 1 fully saturated rings. The number of anilines is 1. The van der Waals surface area contributed by atoms with E-state index in [-0.39, 0.29) is 12.1 Å². The van der Waals surface area contributed by atoms with Gasteiger partial charge in [-0.25, -0.2) is 4.79 Å². The van der Waals surface area contributed by atoms with Crippen LogP contribution in [0.15, 0.2) is 48.8 Å². The molecule has 6 nitrogen and oxygen atoms in total. The third-order valence-electron chi connectivity index (χ3n) is 4.44. The maximum absolute atomic E-state index is 12.0. The van der Waals surface area contributed by atoms with Gasteiger partial charge in [0, 0.05) is 43.8 Å². The molecule has 0 atom stereocenters. The smallest absolute Gasteiger partial charge is 0.315 e. The number of methoxy groups -OCH3 is 1. The van der Waals surface area contributed by atoms with Gasteiger partial charge in [-0.1, -0.05) is 6.07 Å². The molecular weight excluding hydrogens is 316 g/mol. The first-order valence-corrected chi connectivity index (χ1v) is 8.57. The quantitative estimate of drug-likeness (QED) is 0.878. The molecule has 0 saturated carbocycles. The lowest BCUT2D eigenvalue weighted by atomic mass is 10.0. The second-order valence-corrected chi connectivity index (χ2v) is 6.15. The molecule has 0 aliphatic carbocycles. The number of hydrogen-bond acceptors (Lipinski definition) is 4. The molecule has 132 valence electrons. The van der Waals surface area contributed by atoms with E-state index in [4.69, 9.17) is 4.74 Å². The minimum Gasteiger partial charge on any atom is -0.497 e. The van der Waals surface area contributed by atoms with Gasteiger partial charge in [0.2, 0.25) is 0 Å². The Morgan fingerprint density at radius 3 is 2.64 bits per heavy atom. The van der Waals surface area contributed by atoms with Gasteiger partial charge in [-0.15, -0.1) is 0 Å². The summed E-state index contributed by atoms with van der Waals surface area (Å²) in [6.07, 6.45) is 5.35. The van der Waals surface area contributed by atoms with E-state index < -0.39 is 0 Å². The lowest BCUT2D eigenvalue weighted by Crippen LogP contribution is -2.47. The molecule has 2 aromatic rings. The summed E-state index contributed by atoms with van der Waals surface area (Å²) in [4.78, 5) is 18.4. The highest BCUT2D eigenvalue weighted by molar-refractivity contribution is 5.74. The van der Waals surface area contributed by atoms with Crippen molar-refractivity contribution in [2.24, 2.45) is 0 Å². The first-order valence-electron chi connectivity index (χ1n) is 8.57. The molecule has 0 bridgehead atoms. The van der Waals surface area contributed by atoms with E-state index in [0.29, 0.717) is 6.54 Å². The number of carbonyl (C=O) groups excluding carboxylic acids is 1. The van der Waals surface area contributed by atoms with Gasteiger partial charge in [0.15, 0.2) is 0 Å². The summed E-state index contributed by atoms with van der Waals surface area (Å²) in [7, 11) is 1.67. The van der Waals surface area contributed by atoms with Crippen LogP contribution in [0.4, 0.5) is 10.5 Å². The monoisotopic (exact) mass is 340 g/mol. The fourth-order valence-electron chi connectivity index (χ4n) is 3.00. The number of pyridine rings is 1. The van der Waals surface area contributed by atoms with E-state index in [0.717, 1.165) is 37.2 Å². The minimum atomic E-state index is -0.119. The van der Waals surface area contributed by atoms with Gasteiger partial charge in [-0.05, 0) is 48.7 Å². The van der Waals surface area contributed by atoms with Crippen molar-refractivity contribution in [1.82, 2.24) is 15.6 Å². The number of nitrogens with one attached hydrogen (secondary N) is 2. The predicted molar refractivity (Wildman–Crippen MR) is 97.8 cm³/mol. The van der Waals surface area contributed by atoms with E-state index in [1.807, 2.05) is 24.3 Å². The summed E-state index contributed by atoms with van der Waals surface area (Å²) in [5, 5.41) is 5.95. The number of rotatable bonds is 5. The van der Waals surface area contributed by atoms with Crippen LogP contribution >= 0.6 is 0 Å². The molecule has 0 spiro atoms. The van der Waals surface area contributed by atoms with Crippen molar-refractivity contribution in [2.45, 2.75) is 25.4 Å². The lowest BCUT2D eigenvalue weighted by Gasteiger charge is -2.34. The molecule has 1 aliphatic rings. The molecule has 3 rings (SSSR count). The Hall–Kier alpha value is -2.76. The van der Waals surface area contributed by atoms with Crippen molar-refractivity contribution in [2.75, 3.05) is 25.1 Å². The van der Waals surface area contributed by atoms with Gasteiger partial charge in [0.1, 0.15) is 5.75 Å². The minimum absolute atomic E-state index is 0.119. The molecule has 2 N–H and O–H groups in total. The highest BCUT2D eigenvalue weighted by Gasteiger charge is 2.20. The predicted octanol–water partition coefficient (Wildman–Crippen LogP) is 2.56. The van der Waals surface area contributed by atoms with E-state index in [1.54, 1.807) is 19.5 Å². The van der Waals surface area contributed by atoms with E-state index in [1.165, 1.54) is 5.69 Å². The third-order valence-corrected chi connectivity index (χ3v) is 4.44. The third kappa shape index (κ3) is 4.86. The SMILES string of the molecule is COc1ccc(N2CCC(NC(=O)NCc3cccnc3)CC2)cc1. The Morgan fingerprint density at radius 1 is 1.24 bits per heavy atom. The van der Waals surface area contributed by atoms with Crippen LogP contribution in [0, 0.1) is 0 Å². The molecule has 2 amide bonds. The zero-order valence-electron chi connectivity index (χ0n) is 14.4. The highest BCUT2D eigenvalue weighted by Crippen LogP contribution is 2.22. The summed E-state index contributed by atoms with van der Waals surface area (Å²) in [5.41, 5.74) is 2.19. The van der Waals surface area contributed by atoms with Crippen LogP contribution in [-0.2, 0) is 6.54 Å². The molecule has 0 radical (unpaired) electrons. The second kappa shape index (κ2) is 8.37. The van der Waals surface area contributed by atoms with Crippen molar-refractivity contribution in [3.05, 3.63) is 54.4 Å². The van der Waals surface area contributed by atoms with Gasteiger partial charge in [0.05, 0.1) is 7.11 Å². The summed E-state index contributed by atoms with van der Waals surface area (Å²) in [5.74, 6) is 0.866. The Bertz CT molecular complexity index is 668. The second-order valence-electron chi connectivity index (χ2n) is 6.15. The number of piperidine rings is 1. The average molecular weight is 340 g/mol. The van der Waals surface area contributed by atoms with Gasteiger partial charge in [-0.3, -0.25) is 4.98 Å². The standard InChI is InChI=1S/C19H24N4O2/c1-25-18-6-4-17(5-7-18)23-11-8-16(9-12-23)22-19(24)21-14-15-3-2-10-20-13-15/h2-7,10,13,16H,8-9,11-12,14H2,1H3,(H2,21,22,24). The number of benzene rings is 1. The van der Waals surface area contributed by atoms with Crippen LogP contribution in [0.25, 0.3) is 0 Å². The maximum atomic E-state index is 12.0. The lowest BCUT2D eigenvalue weighted by molar-refractivity contribution is 0.234. The largest absolute Gasteiger partial charge is 0.497 e. The van der Waals surface area contributed by atoms with E-state index in [2.05, 4.69) is 32.7 Å². The maximum Gasteiger partial charge on any atom is 0.315 e. The number of ether oxygens (including phenoxy) is 1. The van der Waals surface area contributed by atoms with Crippen molar-refractivity contribution < 1.29 is 9.53 Å². The number of amides is 2. The molecule has 1 saturated heterocycles. The van der Waals surface area contributed by atoms with Crippen molar-refractivity contribution in [3.8, 4) is 5.75 Å². The van der Waals surface area contributed by atoms with E-state index in [9.17, 15) is 4.79 Å². The van der Waals surface area contributed by atoms with Crippen molar-refractivity contribution >= 4 is 11.7 Å². The number of nitrogens with zero attached hydrogens (tertiary/aromatic N) is 2. The zero-order valence-corrected chi connectivity index (χ0v) is 14.4. The van der Waals surface area contributed by atoms with Crippen molar-refractivity contribution in [3.63, 3.8) is 0 Å². The summed E-state index contributed by atoms with van der Waals surface area (Å²) >= 11 is 0. The molecule has 2 heterocycles. The molecule has 1 aromatic carbocycles. The summed E-state index contributed by atoms with van der Waals surface area (Å²) in [6, 6.07) is 12.0. The Labute approximate surface area is 148 Å². The van der Waals surface area contributed by atoms with E-state index >= 15 is 0 Å². The van der Waals surface area contributed by atoms with Gasteiger partial charge >= 0.3 is 6.03 Å². The normalized spacial score (nSPS) is 14.8. The molecule has 1 aliphatic heterocycles. The van der Waals surface area contributed by atoms with Crippen LogP contribution in [0.3, 0.4) is 0 Å². The van der Waals surface area contributed by atoms with Crippen LogP contribution < -0.4 is 20.3 Å². The number of urea groups is 1. The topological polar surface area (TPSA) is 66.5 Å². The van der Waals surface area contributed by atoms with Crippen LogP contribution in [-0.4, -0.2) is 37.3 Å². The van der Waals surface area contributed by atoms with Crippen LogP contribution in [0.1, 0.15) is 18.4 Å². The number of hydrogen-bond donors (Lipinski definition) is 2. The first-order chi connectivity index (χ1) is 12.2. The molecular formula is C19H24N4O2. The molecule has 0 unspecified atom stereocenters. The Balaban J connectivity index is 1.41. The van der Waals surface area contributed by atoms with Gasteiger partial charge in [-0.2, -0.15) is 0 Å². The first kappa shape index (κ1) is 17.1. The van der Waals surface area contributed by atoms with Crippen molar-refractivity contribution in [1.29, 1.82) is 0 Å². The van der Waals surface area contributed by atoms with Crippen LogP contribution in [0.2, 0.25) is 0 Å². The van der Waals surface area contributed by atoms with Crippen LogP contribution in [0.5, 0.6) is 5.75 Å². The highest BCUT2D eigenvalue weighted by atomic mass is 16.5. The fraction of sp³-hybridized carbons (Fsp3) is 0.368. The van der Waals surface area contributed by atoms with Gasteiger partial charge in [0.25, 0.3) is 0 Å². The molecule has 6 heteroatoms. The molecule has 25 heavy (non-hydrogen) atoms. The average Bonchev–Trinajstić information content (AvgIpc) is 2.68. The fourth-order valence-corrected chi connectivity index (χ4v) is 3.00. The van der Waals surface area contributed by atoms with Gasteiger partial charge < -0.3 is 20.3 Å². The number of carbonyl (C=O) groups is 1. The molecule has 1 aromatic heterocycles. The summed E-state index contributed by atoms with van der Waals surface area (Å²) < 4.78 is 5.20.